The molecule has 1 heterocycles. The van der Waals surface area contributed by atoms with Crippen LogP contribution in [-0.4, -0.2) is 37.3 Å². The lowest BCUT2D eigenvalue weighted by atomic mass is 9.78. The van der Waals surface area contributed by atoms with Crippen LogP contribution in [0, 0.1) is 17.2 Å². The molecule has 1 aliphatic rings. The first-order valence-corrected chi connectivity index (χ1v) is 12.6. The number of allylic oxidation sites excluding steroid dienone is 1. The monoisotopic (exact) mass is 567 g/mol. The lowest BCUT2D eigenvalue weighted by Gasteiger charge is -2.31. The number of nitrogens with one attached hydrogen (secondary N) is 2. The number of rotatable bonds is 8. The highest BCUT2D eigenvalue weighted by molar-refractivity contribution is 8.03. The van der Waals surface area contributed by atoms with E-state index < -0.39 is 23.7 Å². The van der Waals surface area contributed by atoms with Gasteiger partial charge in [-0.05, 0) is 42.8 Å². The first-order chi connectivity index (χ1) is 17.2. The van der Waals surface area contributed by atoms with Gasteiger partial charge in [-0.1, -0.05) is 52.6 Å². The van der Waals surface area contributed by atoms with Crippen molar-refractivity contribution in [1.29, 1.82) is 5.26 Å². The number of hydrogen-bond donors (Lipinski definition) is 2. The molecular weight excluding hydrogens is 549 g/mol. The first kappa shape index (κ1) is 27.7. The number of anilines is 1. The third-order valence-electron chi connectivity index (χ3n) is 5.11. The number of methoxy groups -OCH3 is 1. The van der Waals surface area contributed by atoms with Gasteiger partial charge in [0.1, 0.15) is 5.92 Å². The predicted octanol–water partition coefficient (Wildman–Crippen LogP) is 5.16. The van der Waals surface area contributed by atoms with Crippen LogP contribution < -0.4 is 15.4 Å². The minimum Gasteiger partial charge on any atom is -0.491 e. The maximum atomic E-state index is 13.0. The number of nitriles is 1. The molecule has 1 aliphatic heterocycles. The molecule has 0 saturated carbocycles. The fraction of sp³-hybridized carbons (Fsp3) is 0.250. The Kier molecular flexibility index (Phi) is 9.51. The Hall–Kier alpha value is -2.90. The fourth-order valence-electron chi connectivity index (χ4n) is 3.62. The van der Waals surface area contributed by atoms with Gasteiger partial charge in [0.05, 0.1) is 46.2 Å². The van der Waals surface area contributed by atoms with E-state index in [9.17, 15) is 19.6 Å². The molecule has 2 aromatic rings. The number of ether oxygens (including phenoxy) is 2. The van der Waals surface area contributed by atoms with Crippen LogP contribution in [0.2, 0.25) is 15.1 Å². The average Bonchev–Trinajstić information content (AvgIpc) is 2.83. The smallest absolute Gasteiger partial charge is 0.319 e. The van der Waals surface area contributed by atoms with E-state index in [1.54, 1.807) is 31.2 Å². The third-order valence-corrected chi connectivity index (χ3v) is 6.92. The largest absolute Gasteiger partial charge is 0.491 e. The van der Waals surface area contributed by atoms with Crippen molar-refractivity contribution < 1.29 is 23.9 Å². The second-order valence-electron chi connectivity index (χ2n) is 7.42. The molecule has 0 bridgehead atoms. The van der Waals surface area contributed by atoms with Crippen molar-refractivity contribution in [2.24, 2.45) is 5.92 Å². The van der Waals surface area contributed by atoms with E-state index in [2.05, 4.69) is 16.7 Å². The molecule has 2 atom stereocenters. The number of halogens is 3. The molecule has 36 heavy (non-hydrogen) atoms. The van der Waals surface area contributed by atoms with E-state index in [1.807, 2.05) is 0 Å². The summed E-state index contributed by atoms with van der Waals surface area (Å²) in [7, 11) is 1.14. The number of benzene rings is 2. The summed E-state index contributed by atoms with van der Waals surface area (Å²) < 4.78 is 10.3. The number of nitrogens with zero attached hydrogens (tertiary/aromatic N) is 1. The standard InChI is InChI=1S/C24H20Cl3N3O5S/c1-3-35-21-16(26)7-12(8-17(21)27)19-15(10-28)23(30-22(32)20(19)24(33)34-2)36-11-18(31)29-14-6-4-5-13(25)9-14/h4-9,19-20H,3,11H2,1-2H3,(H,29,31)(H,30,32)/t19-,20-/m0/s1. The van der Waals surface area contributed by atoms with Gasteiger partial charge in [0, 0.05) is 16.6 Å². The molecule has 2 N–H and O–H groups in total. The van der Waals surface area contributed by atoms with Gasteiger partial charge in [-0.3, -0.25) is 14.4 Å². The maximum absolute atomic E-state index is 13.0. The molecule has 0 radical (unpaired) electrons. The topological polar surface area (TPSA) is 118 Å². The Morgan fingerprint density at radius 2 is 1.89 bits per heavy atom. The molecule has 0 saturated heterocycles. The zero-order valence-electron chi connectivity index (χ0n) is 19.1. The van der Waals surface area contributed by atoms with E-state index in [-0.39, 0.29) is 38.1 Å². The fourth-order valence-corrected chi connectivity index (χ4v) is 5.27. The van der Waals surface area contributed by atoms with E-state index in [1.165, 1.54) is 12.1 Å². The molecule has 8 nitrogen and oxygen atoms in total. The Morgan fingerprint density at radius 3 is 2.47 bits per heavy atom. The Bertz CT molecular complexity index is 1250. The van der Waals surface area contributed by atoms with Gasteiger partial charge >= 0.3 is 5.97 Å². The first-order valence-electron chi connectivity index (χ1n) is 10.5. The molecule has 0 spiro atoms. The molecule has 188 valence electrons. The minimum absolute atomic E-state index is 0.0573. The molecule has 0 fully saturated rings. The van der Waals surface area contributed by atoms with Crippen molar-refractivity contribution in [3.63, 3.8) is 0 Å². The average molecular weight is 569 g/mol. The van der Waals surface area contributed by atoms with Gasteiger partial charge < -0.3 is 20.1 Å². The van der Waals surface area contributed by atoms with Crippen molar-refractivity contribution in [3.8, 4) is 11.8 Å². The molecule has 2 aromatic carbocycles. The van der Waals surface area contributed by atoms with Crippen molar-refractivity contribution in [3.05, 3.63) is 67.6 Å². The molecular formula is C24H20Cl3N3O5S. The summed E-state index contributed by atoms with van der Waals surface area (Å²) in [4.78, 5) is 38.1. The highest BCUT2D eigenvalue weighted by Gasteiger charge is 2.44. The third kappa shape index (κ3) is 6.26. The summed E-state index contributed by atoms with van der Waals surface area (Å²) in [5.74, 6) is -4.24. The number of carbonyl (C=O) groups is 3. The summed E-state index contributed by atoms with van der Waals surface area (Å²) in [6, 6.07) is 11.7. The molecule has 0 unspecified atom stereocenters. The lowest BCUT2D eigenvalue weighted by molar-refractivity contribution is -0.150. The summed E-state index contributed by atoms with van der Waals surface area (Å²) in [5.41, 5.74) is 0.899. The molecule has 12 heteroatoms. The SMILES string of the molecule is CCOc1c(Cl)cc([C@H]2C(C#N)=C(SCC(=O)Nc3cccc(Cl)c3)NC(=O)[C@H]2C(=O)OC)cc1Cl. The van der Waals surface area contributed by atoms with Gasteiger partial charge in [-0.25, -0.2) is 0 Å². The quantitative estimate of drug-likeness (QED) is 0.334. The molecule has 0 aromatic heterocycles. The van der Waals surface area contributed by atoms with Gasteiger partial charge in [-0.2, -0.15) is 5.26 Å². The number of esters is 1. The highest BCUT2D eigenvalue weighted by atomic mass is 35.5. The maximum Gasteiger partial charge on any atom is 0.319 e. The van der Waals surface area contributed by atoms with Gasteiger partial charge in [-0.15, -0.1) is 0 Å². The van der Waals surface area contributed by atoms with Crippen LogP contribution in [0.15, 0.2) is 47.0 Å². The second-order valence-corrected chi connectivity index (χ2v) is 9.65. The molecule has 2 amide bonds. The molecule has 3 rings (SSSR count). The number of thioether (sulfide) groups is 1. The van der Waals surface area contributed by atoms with Crippen LogP contribution in [0.25, 0.3) is 0 Å². The Balaban J connectivity index is 1.97. The van der Waals surface area contributed by atoms with E-state index in [0.29, 0.717) is 22.9 Å². The summed E-state index contributed by atoms with van der Waals surface area (Å²) in [6.07, 6.45) is 0. The van der Waals surface area contributed by atoms with E-state index >= 15 is 0 Å². The number of amides is 2. The normalized spacial score (nSPS) is 17.2. The van der Waals surface area contributed by atoms with Crippen molar-refractivity contribution in [1.82, 2.24) is 5.32 Å². The highest BCUT2D eigenvalue weighted by Crippen LogP contribution is 2.44. The van der Waals surface area contributed by atoms with E-state index in [0.717, 1.165) is 18.9 Å². The van der Waals surface area contributed by atoms with Crippen molar-refractivity contribution in [2.75, 3.05) is 24.8 Å². The molecule has 0 aliphatic carbocycles. The minimum atomic E-state index is -1.38. The summed E-state index contributed by atoms with van der Waals surface area (Å²) >= 11 is 19.6. The van der Waals surface area contributed by atoms with Crippen LogP contribution in [-0.2, 0) is 19.1 Å². The zero-order chi connectivity index (χ0) is 26.4. The van der Waals surface area contributed by atoms with Crippen molar-refractivity contribution >= 4 is 70.0 Å². The Labute approximate surface area is 226 Å². The summed E-state index contributed by atoms with van der Waals surface area (Å²) in [5, 5.41) is 16.2. The summed E-state index contributed by atoms with van der Waals surface area (Å²) in [6.45, 7) is 2.08. The van der Waals surface area contributed by atoms with Crippen LogP contribution >= 0.6 is 46.6 Å². The zero-order valence-corrected chi connectivity index (χ0v) is 22.1. The lowest BCUT2D eigenvalue weighted by Crippen LogP contribution is -2.44. The van der Waals surface area contributed by atoms with E-state index in [4.69, 9.17) is 44.3 Å². The van der Waals surface area contributed by atoms with Gasteiger partial charge in [0.25, 0.3) is 0 Å². The number of carbonyl (C=O) groups excluding carboxylic acids is 3. The Morgan fingerprint density at radius 1 is 1.19 bits per heavy atom. The van der Waals surface area contributed by atoms with Crippen molar-refractivity contribution in [2.45, 2.75) is 12.8 Å². The van der Waals surface area contributed by atoms with Crippen LogP contribution in [0.4, 0.5) is 5.69 Å². The number of hydrogen-bond acceptors (Lipinski definition) is 7. The predicted molar refractivity (Wildman–Crippen MR) is 139 cm³/mol. The van der Waals surface area contributed by atoms with Gasteiger partial charge in [0.15, 0.2) is 5.75 Å². The van der Waals surface area contributed by atoms with Crippen LogP contribution in [0.1, 0.15) is 18.4 Å². The van der Waals surface area contributed by atoms with Gasteiger partial charge in [0.2, 0.25) is 11.8 Å². The van der Waals surface area contributed by atoms with Crippen LogP contribution in [0.3, 0.4) is 0 Å². The second kappa shape index (κ2) is 12.4. The van der Waals surface area contributed by atoms with Crippen LogP contribution in [0.5, 0.6) is 5.75 Å².